The molecule has 0 aromatic heterocycles. The first-order valence-electron chi connectivity index (χ1n) is 12.2. The smallest absolute Gasteiger partial charge is 0.334 e. The van der Waals surface area contributed by atoms with Crippen LogP contribution in [0.2, 0.25) is 0 Å². The van der Waals surface area contributed by atoms with E-state index in [1.54, 1.807) is 0 Å². The van der Waals surface area contributed by atoms with E-state index in [2.05, 4.69) is 5.32 Å². The van der Waals surface area contributed by atoms with Gasteiger partial charge in [-0.3, -0.25) is 29.5 Å². The van der Waals surface area contributed by atoms with Gasteiger partial charge < -0.3 is 21.1 Å². The highest BCUT2D eigenvalue weighted by Gasteiger charge is 2.49. The number of barbiturate groups is 1. The number of rotatable bonds is 9. The van der Waals surface area contributed by atoms with Crippen molar-refractivity contribution in [3.63, 3.8) is 0 Å². The van der Waals surface area contributed by atoms with Crippen molar-refractivity contribution in [3.8, 4) is 0 Å². The van der Waals surface area contributed by atoms with Crippen molar-refractivity contribution >= 4 is 29.8 Å². The number of nitrogens with two attached hydrogens (primary N) is 2. The summed E-state index contributed by atoms with van der Waals surface area (Å²) in [5, 5.41) is 2.35. The molecule has 3 fully saturated rings. The van der Waals surface area contributed by atoms with Crippen LogP contribution in [0.5, 0.6) is 0 Å². The van der Waals surface area contributed by atoms with E-state index < -0.39 is 41.8 Å². The molecular weight excluding hydrogens is 456 g/mol. The number of carbonyl (C=O) groups is 5. The molecule has 0 spiro atoms. The number of urea groups is 2. The topological polar surface area (TPSA) is 168 Å². The van der Waals surface area contributed by atoms with Crippen molar-refractivity contribution in [1.29, 1.82) is 0 Å². The summed E-state index contributed by atoms with van der Waals surface area (Å²) in [6.07, 6.45) is 3.55. The van der Waals surface area contributed by atoms with E-state index in [1.807, 2.05) is 20.8 Å². The highest BCUT2D eigenvalue weighted by Crippen LogP contribution is 2.40. The summed E-state index contributed by atoms with van der Waals surface area (Å²) < 4.78 is 5.39. The van der Waals surface area contributed by atoms with Gasteiger partial charge in [0.25, 0.3) is 17.7 Å². The highest BCUT2D eigenvalue weighted by atomic mass is 16.5. The minimum absolute atomic E-state index is 0.126. The molecule has 3 rings (SSSR count). The zero-order valence-corrected chi connectivity index (χ0v) is 20.7. The molecule has 12 nitrogen and oxygen atoms in total. The van der Waals surface area contributed by atoms with Gasteiger partial charge in [-0.05, 0) is 44.4 Å². The largest absolute Gasteiger partial charge is 0.385 e. The average molecular weight is 493 g/mol. The first-order chi connectivity index (χ1) is 16.5. The monoisotopic (exact) mass is 492 g/mol. The van der Waals surface area contributed by atoms with E-state index in [0.29, 0.717) is 45.3 Å². The molecule has 1 aliphatic carbocycles. The van der Waals surface area contributed by atoms with E-state index in [4.69, 9.17) is 16.2 Å². The van der Waals surface area contributed by atoms with Crippen molar-refractivity contribution in [3.05, 3.63) is 11.4 Å². The summed E-state index contributed by atoms with van der Waals surface area (Å²) in [6.45, 7) is 6.87. The maximum Gasteiger partial charge on any atom is 0.334 e. The summed E-state index contributed by atoms with van der Waals surface area (Å²) in [4.78, 5) is 67.3. The Morgan fingerprint density at radius 3 is 2.31 bits per heavy atom. The summed E-state index contributed by atoms with van der Waals surface area (Å²) in [6, 6.07) is -2.19. The Kier molecular flexibility index (Phi) is 8.04. The molecular formula is C23H36N6O6. The second-order valence-corrected chi connectivity index (χ2v) is 9.74. The van der Waals surface area contributed by atoms with Crippen LogP contribution in [0.4, 0.5) is 9.59 Å². The van der Waals surface area contributed by atoms with Gasteiger partial charge in [0.05, 0.1) is 6.61 Å². The number of nitrogens with zero attached hydrogens (tertiary/aromatic N) is 3. The minimum Gasteiger partial charge on any atom is -0.385 e. The fraction of sp³-hybridized carbons (Fsp3) is 0.696. The molecule has 0 unspecified atom stereocenters. The molecule has 0 radical (unpaired) electrons. The number of unbranched alkanes of at least 4 members (excludes halogenated alkanes) is 1. The van der Waals surface area contributed by atoms with E-state index in [-0.39, 0.29) is 30.0 Å². The third-order valence-corrected chi connectivity index (χ3v) is 7.08. The third kappa shape index (κ3) is 5.26. The second kappa shape index (κ2) is 10.6. The van der Waals surface area contributed by atoms with Gasteiger partial charge >= 0.3 is 12.1 Å². The number of ether oxygens (including phenoxy) is 1. The molecule has 0 aromatic carbocycles. The first-order valence-corrected chi connectivity index (χ1v) is 12.2. The first kappa shape index (κ1) is 26.5. The molecule has 3 aliphatic rings. The Morgan fingerprint density at radius 2 is 1.74 bits per heavy atom. The molecule has 0 bridgehead atoms. The van der Waals surface area contributed by atoms with E-state index in [0.717, 1.165) is 16.2 Å². The molecule has 2 saturated heterocycles. The van der Waals surface area contributed by atoms with Gasteiger partial charge in [-0.2, -0.15) is 0 Å². The molecule has 12 heteroatoms. The molecule has 5 N–H and O–H groups in total. The molecule has 35 heavy (non-hydrogen) atoms. The summed E-state index contributed by atoms with van der Waals surface area (Å²) in [5.74, 6) is -2.29. The van der Waals surface area contributed by atoms with Crippen LogP contribution in [-0.4, -0.2) is 82.9 Å². The van der Waals surface area contributed by atoms with Gasteiger partial charge in [-0.25, -0.2) is 9.59 Å². The lowest BCUT2D eigenvalue weighted by Crippen LogP contribution is -2.61. The molecule has 1 atom stereocenters. The summed E-state index contributed by atoms with van der Waals surface area (Å²) in [5.41, 5.74) is 10.6. The van der Waals surface area contributed by atoms with Gasteiger partial charge in [-0.15, -0.1) is 0 Å². The van der Waals surface area contributed by atoms with Crippen LogP contribution in [-0.2, 0) is 19.1 Å². The van der Waals surface area contributed by atoms with Crippen molar-refractivity contribution in [2.75, 3.05) is 26.3 Å². The Bertz CT molecular complexity index is 921. The van der Waals surface area contributed by atoms with Gasteiger partial charge in [0.2, 0.25) is 0 Å². The number of nitrogens with one attached hydrogen (secondary N) is 1. The number of hydrogen-bond acceptors (Lipinski definition) is 8. The lowest BCUT2D eigenvalue weighted by Gasteiger charge is -2.45. The van der Waals surface area contributed by atoms with Crippen LogP contribution in [0.1, 0.15) is 59.3 Å². The van der Waals surface area contributed by atoms with Crippen LogP contribution in [0.15, 0.2) is 11.4 Å². The molecule has 2 heterocycles. The normalized spacial score (nSPS) is 27.7. The van der Waals surface area contributed by atoms with Crippen molar-refractivity contribution in [2.45, 2.75) is 71.4 Å². The number of amides is 7. The maximum absolute atomic E-state index is 13.2. The molecule has 0 aromatic rings. The zero-order valence-electron chi connectivity index (χ0n) is 20.7. The lowest BCUT2D eigenvalue weighted by atomic mass is 9.73. The van der Waals surface area contributed by atoms with Crippen molar-refractivity contribution in [1.82, 2.24) is 20.0 Å². The molecule has 7 amide bonds. The van der Waals surface area contributed by atoms with Crippen LogP contribution in [0.3, 0.4) is 0 Å². The molecule has 1 saturated carbocycles. The van der Waals surface area contributed by atoms with Gasteiger partial charge in [0.15, 0.2) is 0 Å². The van der Waals surface area contributed by atoms with E-state index in [1.165, 1.54) is 4.90 Å². The quantitative estimate of drug-likeness (QED) is 0.239. The molecule has 194 valence electrons. The van der Waals surface area contributed by atoms with Crippen LogP contribution >= 0.6 is 0 Å². The minimum atomic E-state index is -0.761. The van der Waals surface area contributed by atoms with Gasteiger partial charge in [0, 0.05) is 25.7 Å². The lowest BCUT2D eigenvalue weighted by molar-refractivity contribution is -0.138. The number of imide groups is 3. The van der Waals surface area contributed by atoms with Crippen molar-refractivity contribution < 1.29 is 28.7 Å². The SMILES string of the molecule is CCCCN1C(=O)C(=C(N)N)C(=O)N(C2CCC(C)(CN3C(=O)NC(=O)[C@H]3COCC)CC2)C1=O. The van der Waals surface area contributed by atoms with Crippen molar-refractivity contribution in [2.24, 2.45) is 16.9 Å². The number of carbonyl (C=O) groups excluding carboxylic acids is 5. The fourth-order valence-corrected chi connectivity index (χ4v) is 4.98. The Labute approximate surface area is 204 Å². The van der Waals surface area contributed by atoms with Crippen LogP contribution in [0, 0.1) is 5.41 Å². The fourth-order valence-electron chi connectivity index (χ4n) is 4.98. The zero-order chi connectivity index (χ0) is 25.9. The van der Waals surface area contributed by atoms with Gasteiger partial charge in [-0.1, -0.05) is 20.3 Å². The van der Waals surface area contributed by atoms with E-state index >= 15 is 0 Å². The standard InChI is InChI=1S/C23H36N6O6/c1-4-6-11-27-19(31)16(17(24)25)20(32)29(22(27)34)14-7-9-23(3,10-8-14)13-28-15(12-35-5-2)18(30)26-21(28)33/h14-15H,4-13,24-25H2,1-3H3,(H,26,30,33)/t14?,15-,23?/m1/s1. The van der Waals surface area contributed by atoms with Crippen LogP contribution < -0.4 is 16.8 Å². The van der Waals surface area contributed by atoms with Crippen LogP contribution in [0.25, 0.3) is 0 Å². The maximum atomic E-state index is 13.2. The second-order valence-electron chi connectivity index (χ2n) is 9.74. The number of hydrogen-bond donors (Lipinski definition) is 3. The predicted octanol–water partition coefficient (Wildman–Crippen LogP) is 0.612. The average Bonchev–Trinajstić information content (AvgIpc) is 3.05. The highest BCUT2D eigenvalue weighted by molar-refractivity contribution is 6.29. The third-order valence-electron chi connectivity index (χ3n) is 7.08. The molecule has 2 aliphatic heterocycles. The van der Waals surface area contributed by atoms with E-state index in [9.17, 15) is 24.0 Å². The summed E-state index contributed by atoms with van der Waals surface area (Å²) >= 11 is 0. The Morgan fingerprint density at radius 1 is 1.09 bits per heavy atom. The van der Waals surface area contributed by atoms with Gasteiger partial charge in [0.1, 0.15) is 17.4 Å². The summed E-state index contributed by atoms with van der Waals surface area (Å²) in [7, 11) is 0. The predicted molar refractivity (Wildman–Crippen MR) is 125 cm³/mol. The Hall–Kier alpha value is -3.15. The Balaban J connectivity index is 1.73.